The highest BCUT2D eigenvalue weighted by Gasteiger charge is 2.31. The minimum atomic E-state index is -4.76. The van der Waals surface area contributed by atoms with Gasteiger partial charge in [-0.25, -0.2) is 4.99 Å². The van der Waals surface area contributed by atoms with Crippen molar-refractivity contribution in [2.24, 2.45) is 4.99 Å². The summed E-state index contributed by atoms with van der Waals surface area (Å²) in [4.78, 5) is 15.3. The Labute approximate surface area is 161 Å². The van der Waals surface area contributed by atoms with Gasteiger partial charge in [-0.15, -0.1) is 37.1 Å². The van der Waals surface area contributed by atoms with E-state index in [0.29, 0.717) is 24.6 Å². The number of hydrogen-bond donors (Lipinski definition) is 2. The fourth-order valence-electron chi connectivity index (χ4n) is 1.75. The standard InChI is InChI=1S/C15H20F3N3O3.HI/c1-3-19-14(20-9-8-13(22)23-2)21-10-11-6-4-5-7-12(11)24-15(16,17)18;/h4-7H,3,8-10H2,1-2H3,(H2,19,20,21);1H. The molecule has 1 aromatic carbocycles. The van der Waals surface area contributed by atoms with E-state index in [9.17, 15) is 18.0 Å². The lowest BCUT2D eigenvalue weighted by molar-refractivity contribution is -0.274. The van der Waals surface area contributed by atoms with Crippen LogP contribution in [0.4, 0.5) is 13.2 Å². The third kappa shape index (κ3) is 9.99. The number of hydrogen-bond acceptors (Lipinski definition) is 4. The van der Waals surface area contributed by atoms with Crippen molar-refractivity contribution in [2.75, 3.05) is 20.2 Å². The fourth-order valence-corrected chi connectivity index (χ4v) is 1.75. The van der Waals surface area contributed by atoms with Crippen molar-refractivity contribution in [3.05, 3.63) is 29.8 Å². The van der Waals surface area contributed by atoms with Gasteiger partial charge in [0.05, 0.1) is 20.1 Å². The first kappa shape index (κ1) is 23.3. The molecule has 0 atom stereocenters. The average Bonchev–Trinajstić information content (AvgIpc) is 2.52. The van der Waals surface area contributed by atoms with Crippen LogP contribution in [0.5, 0.6) is 5.75 Å². The third-order valence-electron chi connectivity index (χ3n) is 2.80. The van der Waals surface area contributed by atoms with Crippen LogP contribution in [0.1, 0.15) is 18.9 Å². The SMILES string of the molecule is CCNC(=NCc1ccccc1OC(F)(F)F)NCCC(=O)OC.I. The molecule has 1 rings (SSSR count). The van der Waals surface area contributed by atoms with Gasteiger partial charge in [-0.05, 0) is 13.0 Å². The Balaban J connectivity index is 0.00000576. The molecule has 0 unspecified atom stereocenters. The van der Waals surface area contributed by atoms with E-state index in [1.807, 2.05) is 6.92 Å². The number of methoxy groups -OCH3 is 1. The van der Waals surface area contributed by atoms with Gasteiger partial charge >= 0.3 is 12.3 Å². The van der Waals surface area contributed by atoms with Gasteiger partial charge < -0.3 is 20.1 Å². The highest BCUT2D eigenvalue weighted by molar-refractivity contribution is 14.0. The molecule has 0 amide bonds. The molecule has 0 saturated carbocycles. The first-order chi connectivity index (χ1) is 11.4. The molecule has 0 aliphatic carbocycles. The zero-order chi connectivity index (χ0) is 18.0. The van der Waals surface area contributed by atoms with Crippen molar-refractivity contribution < 1.29 is 27.4 Å². The van der Waals surface area contributed by atoms with Gasteiger partial charge in [-0.2, -0.15) is 0 Å². The Hall–Kier alpha value is -1.72. The van der Waals surface area contributed by atoms with Gasteiger partial charge in [-0.1, -0.05) is 18.2 Å². The summed E-state index contributed by atoms with van der Waals surface area (Å²) in [6, 6.07) is 5.79. The van der Waals surface area contributed by atoms with Gasteiger partial charge in [0.1, 0.15) is 5.75 Å². The molecule has 0 radical (unpaired) electrons. The number of nitrogens with one attached hydrogen (secondary N) is 2. The molecule has 0 spiro atoms. The monoisotopic (exact) mass is 475 g/mol. The van der Waals surface area contributed by atoms with Crippen LogP contribution in [0.25, 0.3) is 0 Å². The molecule has 6 nitrogen and oxygen atoms in total. The summed E-state index contributed by atoms with van der Waals surface area (Å²) in [7, 11) is 1.29. The van der Waals surface area contributed by atoms with Crippen LogP contribution in [0.15, 0.2) is 29.3 Å². The first-order valence-corrected chi connectivity index (χ1v) is 7.28. The first-order valence-electron chi connectivity index (χ1n) is 7.28. The van der Waals surface area contributed by atoms with E-state index in [-0.39, 0.29) is 48.7 Å². The van der Waals surface area contributed by atoms with E-state index in [4.69, 9.17) is 0 Å². The van der Waals surface area contributed by atoms with Gasteiger partial charge in [0.15, 0.2) is 5.96 Å². The number of ether oxygens (including phenoxy) is 2. The van der Waals surface area contributed by atoms with Crippen molar-refractivity contribution in [2.45, 2.75) is 26.3 Å². The largest absolute Gasteiger partial charge is 0.573 e. The van der Waals surface area contributed by atoms with Crippen LogP contribution >= 0.6 is 24.0 Å². The zero-order valence-corrected chi connectivity index (χ0v) is 16.2. The van der Waals surface area contributed by atoms with Crippen LogP contribution in [0, 0.1) is 0 Å². The van der Waals surface area contributed by atoms with Crippen LogP contribution < -0.4 is 15.4 Å². The van der Waals surface area contributed by atoms with E-state index in [0.717, 1.165) is 0 Å². The Morgan fingerprint density at radius 3 is 2.52 bits per heavy atom. The number of carbonyl (C=O) groups is 1. The summed E-state index contributed by atoms with van der Waals surface area (Å²) in [6.07, 6.45) is -4.61. The second kappa shape index (κ2) is 11.8. The van der Waals surface area contributed by atoms with Crippen molar-refractivity contribution in [3.63, 3.8) is 0 Å². The second-order valence-corrected chi connectivity index (χ2v) is 4.60. The highest BCUT2D eigenvalue weighted by Crippen LogP contribution is 2.26. The molecule has 0 saturated heterocycles. The summed E-state index contributed by atoms with van der Waals surface area (Å²) in [5.74, 6) is -0.287. The molecular formula is C15H21F3IN3O3. The number of para-hydroxylation sites is 1. The van der Waals surface area contributed by atoms with Gasteiger partial charge in [0.2, 0.25) is 0 Å². The molecular weight excluding hydrogens is 454 g/mol. The minimum absolute atomic E-state index is 0. The Bertz CT molecular complexity index is 568. The lowest BCUT2D eigenvalue weighted by Crippen LogP contribution is -2.38. The van der Waals surface area contributed by atoms with E-state index >= 15 is 0 Å². The predicted octanol–water partition coefficient (Wildman–Crippen LogP) is 2.82. The Kier molecular flexibility index (Phi) is 11.0. The lowest BCUT2D eigenvalue weighted by atomic mass is 10.2. The molecule has 0 aliphatic rings. The summed E-state index contributed by atoms with van der Waals surface area (Å²) in [6.45, 7) is 2.68. The third-order valence-corrected chi connectivity index (χ3v) is 2.80. The van der Waals surface area contributed by atoms with E-state index in [1.54, 1.807) is 6.07 Å². The number of halogens is 4. The number of carbonyl (C=O) groups excluding carboxylic acids is 1. The molecule has 0 aromatic heterocycles. The zero-order valence-electron chi connectivity index (χ0n) is 13.9. The number of rotatable bonds is 7. The average molecular weight is 475 g/mol. The molecule has 0 heterocycles. The minimum Gasteiger partial charge on any atom is -0.469 e. The Morgan fingerprint density at radius 1 is 1.24 bits per heavy atom. The van der Waals surface area contributed by atoms with Crippen molar-refractivity contribution >= 4 is 35.9 Å². The molecule has 0 aliphatic heterocycles. The number of benzene rings is 1. The lowest BCUT2D eigenvalue weighted by Gasteiger charge is -2.13. The van der Waals surface area contributed by atoms with Crippen molar-refractivity contribution in [1.29, 1.82) is 0 Å². The summed E-state index contributed by atoms with van der Waals surface area (Å²) < 4.78 is 45.7. The molecule has 0 bridgehead atoms. The highest BCUT2D eigenvalue weighted by atomic mass is 127. The predicted molar refractivity (Wildman–Crippen MR) is 98.0 cm³/mol. The number of nitrogens with zero attached hydrogens (tertiary/aromatic N) is 1. The maximum atomic E-state index is 12.4. The van der Waals surface area contributed by atoms with Crippen molar-refractivity contribution in [1.82, 2.24) is 10.6 Å². The van der Waals surface area contributed by atoms with Crippen LogP contribution in [0.3, 0.4) is 0 Å². The van der Waals surface area contributed by atoms with Gasteiger partial charge in [0.25, 0.3) is 0 Å². The van der Waals surface area contributed by atoms with Crippen LogP contribution in [-0.4, -0.2) is 38.5 Å². The molecule has 0 fully saturated rings. The van der Waals surface area contributed by atoms with Gasteiger partial charge in [0, 0.05) is 18.7 Å². The normalized spacial score (nSPS) is 11.3. The quantitative estimate of drug-likeness (QED) is 0.275. The maximum Gasteiger partial charge on any atom is 0.573 e. The van der Waals surface area contributed by atoms with E-state index in [1.165, 1.54) is 25.3 Å². The molecule has 1 aromatic rings. The fraction of sp³-hybridized carbons (Fsp3) is 0.467. The summed E-state index contributed by atoms with van der Waals surface area (Å²) in [5.41, 5.74) is 0.292. The van der Waals surface area contributed by atoms with E-state index in [2.05, 4.69) is 25.1 Å². The van der Waals surface area contributed by atoms with Crippen molar-refractivity contribution in [3.8, 4) is 5.75 Å². The maximum absolute atomic E-state index is 12.4. The topological polar surface area (TPSA) is 72.0 Å². The Morgan fingerprint density at radius 2 is 1.92 bits per heavy atom. The number of guanidine groups is 1. The summed E-state index contributed by atoms with van der Waals surface area (Å²) >= 11 is 0. The summed E-state index contributed by atoms with van der Waals surface area (Å²) in [5, 5.41) is 5.83. The van der Waals surface area contributed by atoms with E-state index < -0.39 is 6.36 Å². The molecule has 10 heteroatoms. The molecule has 142 valence electrons. The molecule has 25 heavy (non-hydrogen) atoms. The van der Waals surface area contributed by atoms with Crippen LogP contribution in [0.2, 0.25) is 0 Å². The number of aliphatic imine (C=N–C) groups is 1. The number of alkyl halides is 3. The number of esters is 1. The second-order valence-electron chi connectivity index (χ2n) is 4.60. The van der Waals surface area contributed by atoms with Gasteiger partial charge in [-0.3, -0.25) is 4.79 Å². The van der Waals surface area contributed by atoms with Crippen LogP contribution in [-0.2, 0) is 16.1 Å². The molecule has 2 N–H and O–H groups in total. The smallest absolute Gasteiger partial charge is 0.469 e.